The van der Waals surface area contributed by atoms with Gasteiger partial charge < -0.3 is 26.0 Å². The fourth-order valence-corrected chi connectivity index (χ4v) is 5.72. The van der Waals surface area contributed by atoms with Gasteiger partial charge in [-0.1, -0.05) is 0 Å². The number of methoxy groups -OCH3 is 1. The van der Waals surface area contributed by atoms with Crippen molar-refractivity contribution in [3.05, 3.63) is 0 Å². The van der Waals surface area contributed by atoms with E-state index in [1.54, 1.807) is 7.11 Å². The number of nitrogens with zero attached hydrogens (tertiary/aromatic N) is 4. The van der Waals surface area contributed by atoms with Crippen LogP contribution in [0.2, 0.25) is 0 Å². The molecular formula is C24H40FN8O3+. The number of halogens is 1. The Morgan fingerprint density at radius 1 is 1.25 bits per heavy atom. The minimum absolute atomic E-state index is 0.0440. The molecule has 0 bridgehead atoms. The molecule has 12 heteroatoms. The molecule has 200 valence electrons. The zero-order valence-corrected chi connectivity index (χ0v) is 21.3. The number of alkyl halides is 1. The molecule has 4 aliphatic rings. The van der Waals surface area contributed by atoms with Gasteiger partial charge in [0.05, 0.1) is 12.1 Å². The molecule has 5 atom stereocenters. The van der Waals surface area contributed by atoms with Crippen molar-refractivity contribution in [2.45, 2.75) is 50.0 Å². The molecule has 36 heavy (non-hydrogen) atoms. The van der Waals surface area contributed by atoms with Crippen LogP contribution in [0.4, 0.5) is 4.39 Å². The molecule has 3 fully saturated rings. The van der Waals surface area contributed by atoms with Gasteiger partial charge in [0.2, 0.25) is 30.1 Å². The zero-order chi connectivity index (χ0) is 25.7. The minimum Gasteiger partial charge on any atom is -0.386 e. The molecule has 0 aromatic carbocycles. The fraction of sp³-hybridized carbons (Fsp3) is 0.792. The van der Waals surface area contributed by atoms with Crippen LogP contribution in [-0.2, 0) is 14.3 Å². The van der Waals surface area contributed by atoms with E-state index >= 15 is 0 Å². The molecule has 4 heterocycles. The Bertz CT molecular complexity index is 900. The number of likely N-dealkylation sites (tertiary alicyclic amines) is 2. The number of hydrogen-bond donors (Lipinski definition) is 4. The van der Waals surface area contributed by atoms with Gasteiger partial charge in [-0.05, 0) is 45.3 Å². The predicted octanol–water partition coefficient (Wildman–Crippen LogP) is -2.13. The van der Waals surface area contributed by atoms with Gasteiger partial charge in [0.15, 0.2) is 0 Å². The average Bonchev–Trinajstić information content (AvgIpc) is 3.39. The van der Waals surface area contributed by atoms with Crippen molar-refractivity contribution in [1.29, 1.82) is 0 Å². The maximum Gasteiger partial charge on any atom is 0.362 e. The lowest BCUT2D eigenvalue weighted by molar-refractivity contribution is -0.136. The minimum atomic E-state index is -1.20. The van der Waals surface area contributed by atoms with Gasteiger partial charge in [-0.25, -0.2) is 9.06 Å². The summed E-state index contributed by atoms with van der Waals surface area (Å²) in [6, 6.07) is 0.0215. The molecule has 0 aliphatic carbocycles. The molecule has 5 N–H and O–H groups in total. The van der Waals surface area contributed by atoms with Crippen molar-refractivity contribution in [2.24, 2.45) is 22.6 Å². The summed E-state index contributed by atoms with van der Waals surface area (Å²) in [5.74, 6) is -0.484. The third kappa shape index (κ3) is 6.05. The predicted molar refractivity (Wildman–Crippen MR) is 137 cm³/mol. The van der Waals surface area contributed by atoms with E-state index in [2.05, 4.69) is 30.5 Å². The molecule has 4 unspecified atom stereocenters. The third-order valence-electron chi connectivity index (χ3n) is 7.85. The van der Waals surface area contributed by atoms with Crippen LogP contribution < -0.4 is 26.4 Å². The van der Waals surface area contributed by atoms with Gasteiger partial charge in [0, 0.05) is 45.8 Å². The molecule has 2 amide bonds. The van der Waals surface area contributed by atoms with E-state index in [4.69, 9.17) is 10.5 Å². The number of rotatable bonds is 7. The van der Waals surface area contributed by atoms with Gasteiger partial charge in [0.1, 0.15) is 12.4 Å². The number of ether oxygens (including phenoxy) is 1. The van der Waals surface area contributed by atoms with Crippen molar-refractivity contribution in [3.63, 3.8) is 0 Å². The molecule has 0 saturated carbocycles. The lowest BCUT2D eigenvalue weighted by Crippen LogP contribution is -2.63. The van der Waals surface area contributed by atoms with E-state index in [-0.39, 0.29) is 48.3 Å². The second-order valence-electron chi connectivity index (χ2n) is 10.1. The van der Waals surface area contributed by atoms with Crippen LogP contribution in [-0.4, -0.2) is 124 Å². The van der Waals surface area contributed by atoms with Crippen molar-refractivity contribution in [3.8, 4) is 0 Å². The number of amidine groups is 2. The summed E-state index contributed by atoms with van der Waals surface area (Å²) in [5.41, 5.74) is 6.07. The molecule has 11 nitrogen and oxygen atoms in total. The lowest BCUT2D eigenvalue weighted by Gasteiger charge is -2.44. The van der Waals surface area contributed by atoms with E-state index in [0.29, 0.717) is 18.9 Å². The monoisotopic (exact) mass is 507 g/mol. The van der Waals surface area contributed by atoms with Gasteiger partial charge in [-0.3, -0.25) is 24.8 Å². The topological polar surface area (TPSA) is 138 Å². The van der Waals surface area contributed by atoms with E-state index in [1.807, 2.05) is 4.90 Å². The summed E-state index contributed by atoms with van der Waals surface area (Å²) >= 11 is 0. The highest BCUT2D eigenvalue weighted by Crippen LogP contribution is 2.26. The molecule has 0 spiro atoms. The van der Waals surface area contributed by atoms with Crippen molar-refractivity contribution >= 4 is 29.7 Å². The Morgan fingerprint density at radius 3 is 2.67 bits per heavy atom. The quantitative estimate of drug-likeness (QED) is 0.176. The maximum absolute atomic E-state index is 13.5. The largest absolute Gasteiger partial charge is 0.386 e. The highest BCUT2D eigenvalue weighted by molar-refractivity contribution is 6.20. The summed E-state index contributed by atoms with van der Waals surface area (Å²) in [6.45, 7) is 4.64. The number of nitrogens with one attached hydrogen (secondary N) is 3. The number of amides is 2. The van der Waals surface area contributed by atoms with Crippen LogP contribution >= 0.6 is 0 Å². The normalized spacial score (nSPS) is 31.0. The van der Waals surface area contributed by atoms with Gasteiger partial charge in [0.25, 0.3) is 0 Å². The fourth-order valence-electron chi connectivity index (χ4n) is 5.72. The van der Waals surface area contributed by atoms with E-state index in [9.17, 15) is 14.0 Å². The van der Waals surface area contributed by atoms with Crippen LogP contribution in [0.15, 0.2) is 4.99 Å². The summed E-state index contributed by atoms with van der Waals surface area (Å²) in [4.78, 5) is 34.7. The highest BCUT2D eigenvalue weighted by Gasteiger charge is 2.41. The van der Waals surface area contributed by atoms with Crippen molar-refractivity contribution < 1.29 is 18.7 Å². The van der Waals surface area contributed by atoms with Crippen LogP contribution in [0.5, 0.6) is 0 Å². The second kappa shape index (κ2) is 12.1. The van der Waals surface area contributed by atoms with Crippen molar-refractivity contribution in [2.75, 3.05) is 60.0 Å². The number of carbonyl (C=O) groups excluding carboxylic acids is 2. The van der Waals surface area contributed by atoms with E-state index in [0.717, 1.165) is 51.9 Å². The molecule has 0 radical (unpaired) electrons. The lowest BCUT2D eigenvalue weighted by atomic mass is 9.90. The van der Waals surface area contributed by atoms with Crippen LogP contribution in [0, 0.1) is 11.8 Å². The van der Waals surface area contributed by atoms with Crippen molar-refractivity contribution in [1.82, 2.24) is 30.4 Å². The second-order valence-corrected chi connectivity index (χ2v) is 10.1. The van der Waals surface area contributed by atoms with E-state index in [1.165, 1.54) is 13.3 Å². The van der Waals surface area contributed by atoms with Crippen LogP contribution in [0.25, 0.3) is 0 Å². The number of aliphatic imine (C=N–C) groups is 1. The smallest absolute Gasteiger partial charge is 0.362 e. The van der Waals surface area contributed by atoms with Gasteiger partial charge >= 0.3 is 5.84 Å². The third-order valence-corrected chi connectivity index (χ3v) is 7.85. The summed E-state index contributed by atoms with van der Waals surface area (Å²) < 4.78 is 23.0. The molecule has 4 rings (SSSR count). The molecule has 0 aromatic rings. The molecular weight excluding hydrogens is 467 g/mol. The van der Waals surface area contributed by atoms with Crippen LogP contribution in [0.1, 0.15) is 25.7 Å². The summed E-state index contributed by atoms with van der Waals surface area (Å²) in [6.07, 6.45) is 3.56. The first-order valence-corrected chi connectivity index (χ1v) is 13.0. The Labute approximate surface area is 211 Å². The maximum atomic E-state index is 13.5. The summed E-state index contributed by atoms with van der Waals surface area (Å²) in [7, 11) is 3.22. The number of nitrogens with two attached hydrogens (primary N) is 1. The highest BCUT2D eigenvalue weighted by atomic mass is 19.1. The molecule has 4 aliphatic heterocycles. The van der Waals surface area contributed by atoms with Gasteiger partial charge in [-0.15, -0.1) is 0 Å². The molecule has 0 aromatic heterocycles. The molecule has 3 saturated heterocycles. The first-order chi connectivity index (χ1) is 17.4. The Hall–Kier alpha value is -2.53. The van der Waals surface area contributed by atoms with E-state index < -0.39 is 12.1 Å². The number of piperidine rings is 2. The summed E-state index contributed by atoms with van der Waals surface area (Å²) in [5, 5.41) is 9.41. The SMILES string of the molecule is CN=C(N)C(C(=O)NC1CNCCC1N1CCC(C(=O)N2CC[C@H](OC)C2)CC1)C1=[N+]=CC(F)CN1. The Balaban J connectivity index is 1.37. The first kappa shape index (κ1) is 26.5. The standard InChI is InChI=1S/C24H39FN8O3/c1-27-21(26)20(22-29-11-16(25)12-30-22)23(34)31-18-13-28-7-3-19(18)32-8-4-15(5-9-32)24(35)33-10-6-17(14-33)36-2/h11,15-20,28H,3-10,12-14H2,1-2H3,(H3,26,27,31,34)/p+1/t16?,17-,18?,19?,20?/m0/s1. The Morgan fingerprint density at radius 2 is 2.03 bits per heavy atom. The van der Waals surface area contributed by atoms with Crippen LogP contribution in [0.3, 0.4) is 0 Å². The number of carbonyl (C=O) groups is 2. The Kier molecular flexibility index (Phi) is 8.95. The van der Waals surface area contributed by atoms with Gasteiger partial charge in [-0.2, -0.15) is 0 Å². The first-order valence-electron chi connectivity index (χ1n) is 13.0. The average molecular weight is 508 g/mol. The number of hydrogen-bond acceptors (Lipinski definition) is 7. The zero-order valence-electron chi connectivity index (χ0n) is 21.3.